The first-order chi connectivity index (χ1) is 12.1. The Hall–Kier alpha value is -2.63. The van der Waals surface area contributed by atoms with Crippen molar-refractivity contribution in [1.82, 2.24) is 15.3 Å². The van der Waals surface area contributed by atoms with Crippen LogP contribution in [-0.2, 0) is 17.8 Å². The van der Waals surface area contributed by atoms with Gasteiger partial charge in [0.1, 0.15) is 5.75 Å². The molecule has 0 atom stereocenters. The zero-order valence-electron chi connectivity index (χ0n) is 14.8. The minimum absolute atomic E-state index is 0.0239. The summed E-state index contributed by atoms with van der Waals surface area (Å²) in [4.78, 5) is 23.5. The number of methoxy groups -OCH3 is 1. The molecule has 1 aliphatic heterocycles. The van der Waals surface area contributed by atoms with E-state index in [4.69, 9.17) is 4.74 Å². The number of carbonyl (C=O) groups excluding carboxylic acids is 1. The second-order valence-corrected chi connectivity index (χ2v) is 6.30. The molecule has 3 rings (SSSR count). The Morgan fingerprint density at radius 3 is 2.60 bits per heavy atom. The Morgan fingerprint density at radius 2 is 1.92 bits per heavy atom. The third kappa shape index (κ3) is 4.68. The number of anilines is 1. The number of rotatable bonds is 6. The fourth-order valence-electron chi connectivity index (χ4n) is 2.95. The van der Waals surface area contributed by atoms with Crippen molar-refractivity contribution in [2.75, 3.05) is 25.1 Å². The quantitative estimate of drug-likeness (QED) is 0.874. The zero-order chi connectivity index (χ0) is 17.6. The number of benzene rings is 1. The van der Waals surface area contributed by atoms with Crippen LogP contribution in [0.25, 0.3) is 0 Å². The average Bonchev–Trinajstić information content (AvgIpc) is 3.15. The number of nitrogens with one attached hydrogen (secondary N) is 1. The molecular formula is C19H24N4O2. The lowest BCUT2D eigenvalue weighted by atomic mass is 10.1. The first-order valence-electron chi connectivity index (χ1n) is 8.63. The monoisotopic (exact) mass is 340 g/mol. The van der Waals surface area contributed by atoms with E-state index in [1.165, 1.54) is 12.8 Å². The molecule has 1 fully saturated rings. The van der Waals surface area contributed by atoms with Crippen molar-refractivity contribution in [3.8, 4) is 5.75 Å². The van der Waals surface area contributed by atoms with Crippen molar-refractivity contribution in [3.05, 3.63) is 47.3 Å². The van der Waals surface area contributed by atoms with Crippen LogP contribution in [0.15, 0.2) is 30.3 Å². The van der Waals surface area contributed by atoms with Crippen molar-refractivity contribution >= 4 is 11.9 Å². The number of carbonyl (C=O) groups is 1. The Morgan fingerprint density at radius 1 is 1.20 bits per heavy atom. The van der Waals surface area contributed by atoms with Gasteiger partial charge >= 0.3 is 0 Å². The van der Waals surface area contributed by atoms with E-state index >= 15 is 0 Å². The fraction of sp³-hybridized carbons (Fsp3) is 0.421. The summed E-state index contributed by atoms with van der Waals surface area (Å²) >= 11 is 0. The highest BCUT2D eigenvalue weighted by Gasteiger charge is 2.16. The van der Waals surface area contributed by atoms with Crippen LogP contribution in [0.2, 0.25) is 0 Å². The second kappa shape index (κ2) is 7.96. The summed E-state index contributed by atoms with van der Waals surface area (Å²) in [7, 11) is 1.63. The highest BCUT2D eigenvalue weighted by atomic mass is 16.5. The van der Waals surface area contributed by atoms with E-state index in [0.717, 1.165) is 41.7 Å². The van der Waals surface area contributed by atoms with Crippen molar-refractivity contribution in [3.63, 3.8) is 0 Å². The number of aromatic nitrogens is 2. The molecule has 1 N–H and O–H groups in total. The van der Waals surface area contributed by atoms with E-state index in [1.54, 1.807) is 7.11 Å². The molecule has 1 amide bonds. The Balaban J connectivity index is 1.57. The van der Waals surface area contributed by atoms with Gasteiger partial charge in [-0.15, -0.1) is 0 Å². The average molecular weight is 340 g/mol. The molecule has 1 aromatic carbocycles. The van der Waals surface area contributed by atoms with Crippen LogP contribution in [-0.4, -0.2) is 36.1 Å². The molecular weight excluding hydrogens is 316 g/mol. The van der Waals surface area contributed by atoms with Crippen molar-refractivity contribution in [2.45, 2.75) is 32.7 Å². The molecule has 1 aliphatic rings. The maximum absolute atomic E-state index is 12.2. The Labute approximate surface area is 148 Å². The number of hydrogen-bond acceptors (Lipinski definition) is 5. The maximum Gasteiger partial charge on any atom is 0.225 e. The second-order valence-electron chi connectivity index (χ2n) is 6.30. The van der Waals surface area contributed by atoms with E-state index in [0.29, 0.717) is 13.0 Å². The highest BCUT2D eigenvalue weighted by Crippen LogP contribution is 2.16. The van der Waals surface area contributed by atoms with Crippen LogP contribution in [0.4, 0.5) is 5.95 Å². The number of amides is 1. The molecule has 0 bridgehead atoms. The zero-order valence-corrected chi connectivity index (χ0v) is 14.8. The molecule has 132 valence electrons. The largest absolute Gasteiger partial charge is 0.497 e. The van der Waals surface area contributed by atoms with Gasteiger partial charge in [0.25, 0.3) is 0 Å². The molecule has 1 saturated heterocycles. The third-order valence-corrected chi connectivity index (χ3v) is 4.27. The normalized spacial score (nSPS) is 13.8. The van der Waals surface area contributed by atoms with Gasteiger partial charge in [0.05, 0.1) is 25.8 Å². The van der Waals surface area contributed by atoms with Gasteiger partial charge in [-0.2, -0.15) is 0 Å². The first kappa shape index (κ1) is 17.2. The van der Waals surface area contributed by atoms with Crippen LogP contribution in [0.1, 0.15) is 29.8 Å². The first-order valence-corrected chi connectivity index (χ1v) is 8.63. The lowest BCUT2D eigenvalue weighted by Crippen LogP contribution is -2.26. The molecule has 0 unspecified atom stereocenters. The van der Waals surface area contributed by atoms with Gasteiger partial charge in [-0.3, -0.25) is 4.79 Å². The number of ether oxygens (including phenoxy) is 1. The smallest absolute Gasteiger partial charge is 0.225 e. The standard InChI is InChI=1S/C19H24N4O2/c1-14-11-16(22-19(21-14)23-9-3-4-10-23)13-20-18(24)12-15-5-7-17(25-2)8-6-15/h5-8,11H,3-4,9-10,12-13H2,1-2H3,(H,20,24). The molecule has 0 radical (unpaired) electrons. The number of nitrogens with zero attached hydrogens (tertiary/aromatic N) is 3. The van der Waals surface area contributed by atoms with Gasteiger partial charge < -0.3 is 15.0 Å². The molecule has 6 nitrogen and oxygen atoms in total. The predicted octanol–water partition coefficient (Wildman–Crippen LogP) is 2.25. The van der Waals surface area contributed by atoms with Gasteiger partial charge in [-0.05, 0) is 43.5 Å². The maximum atomic E-state index is 12.2. The molecule has 2 aromatic rings. The van der Waals surface area contributed by atoms with E-state index in [9.17, 15) is 4.79 Å². The molecule has 25 heavy (non-hydrogen) atoms. The van der Waals surface area contributed by atoms with E-state index < -0.39 is 0 Å². The van der Waals surface area contributed by atoms with Crippen LogP contribution < -0.4 is 15.0 Å². The molecule has 2 heterocycles. The van der Waals surface area contributed by atoms with Crippen LogP contribution in [0.3, 0.4) is 0 Å². The van der Waals surface area contributed by atoms with E-state index in [2.05, 4.69) is 20.2 Å². The summed E-state index contributed by atoms with van der Waals surface area (Å²) in [6, 6.07) is 9.45. The Bertz CT molecular complexity index is 725. The predicted molar refractivity (Wildman–Crippen MR) is 96.8 cm³/mol. The molecule has 0 spiro atoms. The SMILES string of the molecule is COc1ccc(CC(=O)NCc2cc(C)nc(N3CCCC3)n2)cc1. The van der Waals surface area contributed by atoms with Crippen LogP contribution >= 0.6 is 0 Å². The number of hydrogen-bond donors (Lipinski definition) is 1. The van der Waals surface area contributed by atoms with Crippen molar-refractivity contribution < 1.29 is 9.53 Å². The van der Waals surface area contributed by atoms with Crippen LogP contribution in [0, 0.1) is 6.92 Å². The fourth-order valence-corrected chi connectivity index (χ4v) is 2.95. The van der Waals surface area contributed by atoms with Gasteiger partial charge in [-0.1, -0.05) is 12.1 Å². The minimum atomic E-state index is -0.0239. The minimum Gasteiger partial charge on any atom is -0.497 e. The van der Waals surface area contributed by atoms with Crippen molar-refractivity contribution in [2.24, 2.45) is 0 Å². The van der Waals surface area contributed by atoms with E-state index in [-0.39, 0.29) is 5.91 Å². The van der Waals surface area contributed by atoms with Gasteiger partial charge in [0.2, 0.25) is 11.9 Å². The lowest BCUT2D eigenvalue weighted by molar-refractivity contribution is -0.120. The summed E-state index contributed by atoms with van der Waals surface area (Å²) in [5.74, 6) is 1.54. The third-order valence-electron chi connectivity index (χ3n) is 4.27. The van der Waals surface area contributed by atoms with Crippen molar-refractivity contribution in [1.29, 1.82) is 0 Å². The summed E-state index contributed by atoms with van der Waals surface area (Å²) in [6.07, 6.45) is 2.71. The van der Waals surface area contributed by atoms with E-state index in [1.807, 2.05) is 37.3 Å². The van der Waals surface area contributed by atoms with Crippen LogP contribution in [0.5, 0.6) is 5.75 Å². The van der Waals surface area contributed by atoms with Gasteiger partial charge in [0, 0.05) is 18.8 Å². The Kier molecular flexibility index (Phi) is 5.48. The summed E-state index contributed by atoms with van der Waals surface area (Å²) in [5, 5.41) is 2.94. The summed E-state index contributed by atoms with van der Waals surface area (Å²) in [5.41, 5.74) is 2.73. The molecule has 1 aromatic heterocycles. The highest BCUT2D eigenvalue weighted by molar-refractivity contribution is 5.78. The lowest BCUT2D eigenvalue weighted by Gasteiger charge is -2.16. The summed E-state index contributed by atoms with van der Waals surface area (Å²) in [6.45, 7) is 4.39. The summed E-state index contributed by atoms with van der Waals surface area (Å²) < 4.78 is 5.13. The van der Waals surface area contributed by atoms with Gasteiger partial charge in [-0.25, -0.2) is 9.97 Å². The molecule has 6 heteroatoms. The van der Waals surface area contributed by atoms with Gasteiger partial charge in [0.15, 0.2) is 0 Å². The molecule has 0 saturated carbocycles. The molecule has 0 aliphatic carbocycles. The topological polar surface area (TPSA) is 67.3 Å². The number of aryl methyl sites for hydroxylation is 1.